The molecule has 0 heterocycles. The van der Waals surface area contributed by atoms with E-state index in [0.29, 0.717) is 0 Å². The van der Waals surface area contributed by atoms with Gasteiger partial charge in [0.1, 0.15) is 0 Å². The van der Waals surface area contributed by atoms with Gasteiger partial charge in [-0.15, -0.1) is 0 Å². The van der Waals surface area contributed by atoms with Gasteiger partial charge in [0.25, 0.3) is 0 Å². The van der Waals surface area contributed by atoms with Crippen LogP contribution >= 0.6 is 0 Å². The average Bonchev–Trinajstić information content (AvgIpc) is 2.26. The highest BCUT2D eigenvalue weighted by Crippen LogP contribution is 2.39. The van der Waals surface area contributed by atoms with Crippen LogP contribution in [0.2, 0.25) is 0 Å². The smallest absolute Gasteiger partial charge is 0.0346 e. The van der Waals surface area contributed by atoms with E-state index in [0.717, 1.165) is 12.3 Å². The topological polar surface area (TPSA) is 26.0 Å². The highest BCUT2D eigenvalue weighted by atomic mass is 14.7. The molecule has 0 amide bonds. The quantitative estimate of drug-likeness (QED) is 0.817. The van der Waals surface area contributed by atoms with Crippen molar-refractivity contribution >= 4 is 0 Å². The number of nitrogens with two attached hydrogens (primary N) is 1. The molecule has 1 aromatic carbocycles. The molecular formula is C16H25N. The summed E-state index contributed by atoms with van der Waals surface area (Å²) in [6, 6.07) is 9.11. The van der Waals surface area contributed by atoms with E-state index in [1.165, 1.54) is 30.4 Å². The van der Waals surface area contributed by atoms with Gasteiger partial charge in [-0.25, -0.2) is 0 Å². The van der Waals surface area contributed by atoms with Crippen molar-refractivity contribution in [1.29, 1.82) is 0 Å². The SMILES string of the molecule is CCC(C)(C)C(N)c1cccc(C2CCC2)c1. The first-order chi connectivity index (χ1) is 8.04. The molecule has 0 saturated heterocycles. The van der Waals surface area contributed by atoms with Gasteiger partial charge >= 0.3 is 0 Å². The molecule has 0 aliphatic heterocycles. The van der Waals surface area contributed by atoms with Gasteiger partial charge < -0.3 is 5.73 Å². The third-order valence-electron chi connectivity index (χ3n) is 4.60. The molecular weight excluding hydrogens is 206 g/mol. The molecule has 2 rings (SSSR count). The van der Waals surface area contributed by atoms with E-state index in [1.54, 1.807) is 0 Å². The van der Waals surface area contributed by atoms with Crippen molar-refractivity contribution < 1.29 is 0 Å². The van der Waals surface area contributed by atoms with E-state index in [1.807, 2.05) is 0 Å². The van der Waals surface area contributed by atoms with Crippen molar-refractivity contribution in [2.75, 3.05) is 0 Å². The molecule has 1 aliphatic carbocycles. The first-order valence-electron chi connectivity index (χ1n) is 6.90. The molecule has 94 valence electrons. The van der Waals surface area contributed by atoms with E-state index < -0.39 is 0 Å². The predicted molar refractivity (Wildman–Crippen MR) is 74.0 cm³/mol. The van der Waals surface area contributed by atoms with Crippen LogP contribution in [0.15, 0.2) is 24.3 Å². The Bertz CT molecular complexity index is 377. The van der Waals surface area contributed by atoms with Gasteiger partial charge in [-0.1, -0.05) is 51.5 Å². The van der Waals surface area contributed by atoms with Gasteiger partial charge in [0.05, 0.1) is 0 Å². The van der Waals surface area contributed by atoms with E-state index in [2.05, 4.69) is 45.0 Å². The maximum absolute atomic E-state index is 6.41. The van der Waals surface area contributed by atoms with Gasteiger partial charge in [-0.2, -0.15) is 0 Å². The number of rotatable bonds is 4. The second kappa shape index (κ2) is 4.81. The molecule has 0 bridgehead atoms. The molecule has 1 heteroatoms. The zero-order chi connectivity index (χ0) is 12.5. The Morgan fingerprint density at radius 2 is 2.06 bits per heavy atom. The molecule has 0 aromatic heterocycles. The predicted octanol–water partition coefficient (Wildman–Crippen LogP) is 4.39. The van der Waals surface area contributed by atoms with Crippen molar-refractivity contribution in [3.8, 4) is 0 Å². The Kier molecular flexibility index (Phi) is 3.58. The zero-order valence-electron chi connectivity index (χ0n) is 11.4. The summed E-state index contributed by atoms with van der Waals surface area (Å²) in [5.74, 6) is 0.798. The Hall–Kier alpha value is -0.820. The molecule has 17 heavy (non-hydrogen) atoms. The Morgan fingerprint density at radius 3 is 2.59 bits per heavy atom. The van der Waals surface area contributed by atoms with Crippen molar-refractivity contribution in [2.45, 2.75) is 58.4 Å². The molecule has 1 saturated carbocycles. The summed E-state index contributed by atoms with van der Waals surface area (Å²) in [5, 5.41) is 0. The molecule has 0 spiro atoms. The lowest BCUT2D eigenvalue weighted by molar-refractivity contribution is 0.278. The van der Waals surface area contributed by atoms with Crippen molar-refractivity contribution in [1.82, 2.24) is 0 Å². The summed E-state index contributed by atoms with van der Waals surface area (Å²) in [6.07, 6.45) is 5.22. The fourth-order valence-corrected chi connectivity index (χ4v) is 2.42. The minimum absolute atomic E-state index is 0.146. The fourth-order valence-electron chi connectivity index (χ4n) is 2.42. The number of hydrogen-bond acceptors (Lipinski definition) is 1. The molecule has 1 unspecified atom stereocenters. The Labute approximate surface area is 105 Å². The van der Waals surface area contributed by atoms with Crippen molar-refractivity contribution in [3.05, 3.63) is 35.4 Å². The largest absolute Gasteiger partial charge is 0.324 e. The lowest BCUT2D eigenvalue weighted by atomic mass is 9.76. The van der Waals surface area contributed by atoms with Crippen LogP contribution in [0.1, 0.15) is 69.5 Å². The molecule has 0 radical (unpaired) electrons. The lowest BCUT2D eigenvalue weighted by Gasteiger charge is -2.32. The van der Waals surface area contributed by atoms with Gasteiger partial charge in [-0.05, 0) is 41.7 Å². The molecule has 1 nitrogen and oxygen atoms in total. The first kappa shape index (κ1) is 12.6. The third-order valence-corrected chi connectivity index (χ3v) is 4.60. The minimum Gasteiger partial charge on any atom is -0.324 e. The van der Waals surface area contributed by atoms with Gasteiger partial charge in [0, 0.05) is 6.04 Å². The summed E-state index contributed by atoms with van der Waals surface area (Å²) >= 11 is 0. The summed E-state index contributed by atoms with van der Waals surface area (Å²) < 4.78 is 0. The number of benzene rings is 1. The normalized spacial score (nSPS) is 18.8. The maximum atomic E-state index is 6.41. The van der Waals surface area contributed by atoms with Crippen LogP contribution in [-0.2, 0) is 0 Å². The Balaban J connectivity index is 2.20. The zero-order valence-corrected chi connectivity index (χ0v) is 11.4. The minimum atomic E-state index is 0.146. The van der Waals surface area contributed by atoms with Crippen molar-refractivity contribution in [2.24, 2.45) is 11.1 Å². The van der Waals surface area contributed by atoms with Gasteiger partial charge in [0.15, 0.2) is 0 Å². The second-order valence-electron chi connectivity index (χ2n) is 6.12. The maximum Gasteiger partial charge on any atom is 0.0346 e. The van der Waals surface area contributed by atoms with Crippen LogP contribution in [0, 0.1) is 5.41 Å². The first-order valence-corrected chi connectivity index (χ1v) is 6.90. The fraction of sp³-hybridized carbons (Fsp3) is 0.625. The van der Waals surface area contributed by atoms with Crippen LogP contribution in [-0.4, -0.2) is 0 Å². The number of hydrogen-bond donors (Lipinski definition) is 1. The van der Waals surface area contributed by atoms with Crippen molar-refractivity contribution in [3.63, 3.8) is 0 Å². The van der Waals surface area contributed by atoms with E-state index >= 15 is 0 Å². The highest BCUT2D eigenvalue weighted by molar-refractivity contribution is 5.30. The van der Waals surface area contributed by atoms with Gasteiger partial charge in [-0.3, -0.25) is 0 Å². The van der Waals surface area contributed by atoms with Crippen LogP contribution in [0.25, 0.3) is 0 Å². The summed E-state index contributed by atoms with van der Waals surface area (Å²) in [4.78, 5) is 0. The molecule has 1 atom stereocenters. The Morgan fingerprint density at radius 1 is 1.35 bits per heavy atom. The van der Waals surface area contributed by atoms with Crippen LogP contribution < -0.4 is 5.73 Å². The third kappa shape index (κ3) is 2.55. The second-order valence-corrected chi connectivity index (χ2v) is 6.12. The van der Waals surface area contributed by atoms with Crippen LogP contribution in [0.5, 0.6) is 0 Å². The van der Waals surface area contributed by atoms with Crippen LogP contribution in [0.3, 0.4) is 0 Å². The van der Waals surface area contributed by atoms with Gasteiger partial charge in [0.2, 0.25) is 0 Å². The van der Waals surface area contributed by atoms with E-state index in [-0.39, 0.29) is 11.5 Å². The molecule has 1 fully saturated rings. The summed E-state index contributed by atoms with van der Waals surface area (Å²) in [6.45, 7) is 6.73. The average molecular weight is 231 g/mol. The summed E-state index contributed by atoms with van der Waals surface area (Å²) in [5.41, 5.74) is 9.39. The lowest BCUT2D eigenvalue weighted by Crippen LogP contribution is -2.28. The standard InChI is InChI=1S/C16H25N/c1-4-16(2,3)15(17)14-10-6-9-13(11-14)12-7-5-8-12/h6,9-12,15H,4-5,7-8,17H2,1-3H3. The highest BCUT2D eigenvalue weighted by Gasteiger charge is 2.27. The molecule has 1 aromatic rings. The summed E-state index contributed by atoms with van der Waals surface area (Å²) in [7, 11) is 0. The van der Waals surface area contributed by atoms with E-state index in [9.17, 15) is 0 Å². The van der Waals surface area contributed by atoms with Crippen LogP contribution in [0.4, 0.5) is 0 Å². The molecule has 1 aliphatic rings. The molecule has 2 N–H and O–H groups in total. The van der Waals surface area contributed by atoms with E-state index in [4.69, 9.17) is 5.73 Å². The monoisotopic (exact) mass is 231 g/mol.